The van der Waals surface area contributed by atoms with Gasteiger partial charge in [-0.2, -0.15) is 5.10 Å². The van der Waals surface area contributed by atoms with Crippen molar-refractivity contribution in [2.24, 2.45) is 0 Å². The van der Waals surface area contributed by atoms with Crippen molar-refractivity contribution in [2.75, 3.05) is 32.5 Å². The van der Waals surface area contributed by atoms with Crippen molar-refractivity contribution in [2.45, 2.75) is 6.04 Å². The van der Waals surface area contributed by atoms with Gasteiger partial charge in [-0.15, -0.1) is 5.10 Å². The van der Waals surface area contributed by atoms with Gasteiger partial charge in [0.2, 0.25) is 0 Å². The first-order chi connectivity index (χ1) is 8.22. The number of amides is 2. The van der Waals surface area contributed by atoms with Gasteiger partial charge < -0.3 is 20.7 Å². The molecule has 1 aromatic heterocycles. The lowest BCUT2D eigenvalue weighted by Gasteiger charge is -2.26. The maximum absolute atomic E-state index is 11.6. The Kier molecular flexibility index (Phi) is 3.38. The minimum atomic E-state index is -0.180. The minimum Gasteiger partial charge on any atom is -0.382 e. The quantitative estimate of drug-likeness (QED) is 0.754. The molecular formula is C10H15N5O2. The molecule has 1 aliphatic heterocycles. The van der Waals surface area contributed by atoms with E-state index in [4.69, 9.17) is 10.5 Å². The average molecular weight is 237 g/mol. The Balaban J connectivity index is 2.25. The van der Waals surface area contributed by atoms with Gasteiger partial charge >= 0.3 is 6.03 Å². The summed E-state index contributed by atoms with van der Waals surface area (Å²) in [5.41, 5.74) is 6.42. The number of aromatic nitrogens is 2. The molecule has 1 unspecified atom stereocenters. The minimum absolute atomic E-state index is 0.0950. The SMILES string of the molecule is COCC(c1cnnc(N)c1)N1CCNC1=O. The molecule has 1 aromatic rings. The molecule has 17 heavy (non-hydrogen) atoms. The molecule has 7 heteroatoms. The Bertz CT molecular complexity index is 411. The molecule has 0 aromatic carbocycles. The van der Waals surface area contributed by atoms with Crippen molar-refractivity contribution >= 4 is 11.8 Å². The van der Waals surface area contributed by atoms with Crippen LogP contribution >= 0.6 is 0 Å². The number of ether oxygens (including phenoxy) is 1. The highest BCUT2D eigenvalue weighted by Gasteiger charge is 2.29. The molecule has 0 aliphatic carbocycles. The summed E-state index contributed by atoms with van der Waals surface area (Å²) in [6.07, 6.45) is 1.60. The number of methoxy groups -OCH3 is 1. The van der Waals surface area contributed by atoms with Gasteiger partial charge in [0.25, 0.3) is 0 Å². The third-order valence-corrected chi connectivity index (χ3v) is 2.67. The zero-order chi connectivity index (χ0) is 12.3. The molecule has 92 valence electrons. The van der Waals surface area contributed by atoms with Crippen molar-refractivity contribution in [1.82, 2.24) is 20.4 Å². The third-order valence-electron chi connectivity index (χ3n) is 2.67. The predicted octanol–water partition coefficient (Wildman–Crippen LogP) is -0.228. The molecule has 0 spiro atoms. The van der Waals surface area contributed by atoms with Crippen LogP contribution < -0.4 is 11.1 Å². The van der Waals surface area contributed by atoms with E-state index in [1.165, 1.54) is 0 Å². The van der Waals surface area contributed by atoms with Gasteiger partial charge in [0.15, 0.2) is 0 Å². The molecule has 1 saturated heterocycles. The zero-order valence-corrected chi connectivity index (χ0v) is 9.59. The van der Waals surface area contributed by atoms with Crippen LogP contribution in [-0.2, 0) is 4.74 Å². The summed E-state index contributed by atoms with van der Waals surface area (Å²) in [4.78, 5) is 13.3. The second kappa shape index (κ2) is 4.96. The summed E-state index contributed by atoms with van der Waals surface area (Å²) in [7, 11) is 1.60. The van der Waals surface area contributed by atoms with Crippen LogP contribution in [0.3, 0.4) is 0 Å². The first-order valence-corrected chi connectivity index (χ1v) is 5.34. The number of anilines is 1. The molecular weight excluding hydrogens is 222 g/mol. The van der Waals surface area contributed by atoms with Crippen LogP contribution in [0.4, 0.5) is 10.6 Å². The molecule has 1 fully saturated rings. The lowest BCUT2D eigenvalue weighted by atomic mass is 10.1. The topological polar surface area (TPSA) is 93.4 Å². The van der Waals surface area contributed by atoms with Gasteiger partial charge in [-0.05, 0) is 6.07 Å². The van der Waals surface area contributed by atoms with E-state index < -0.39 is 0 Å². The number of nitrogens with zero attached hydrogens (tertiary/aromatic N) is 3. The van der Waals surface area contributed by atoms with Crippen molar-refractivity contribution in [3.63, 3.8) is 0 Å². The summed E-state index contributed by atoms with van der Waals surface area (Å²) in [5, 5.41) is 10.2. The summed E-state index contributed by atoms with van der Waals surface area (Å²) >= 11 is 0. The van der Waals surface area contributed by atoms with Crippen LogP contribution in [0, 0.1) is 0 Å². The van der Waals surface area contributed by atoms with Crippen LogP contribution in [0.15, 0.2) is 12.3 Å². The number of hydrogen-bond acceptors (Lipinski definition) is 5. The molecule has 7 nitrogen and oxygen atoms in total. The molecule has 2 amide bonds. The number of carbonyl (C=O) groups excluding carboxylic acids is 1. The van der Waals surface area contributed by atoms with Gasteiger partial charge in [0, 0.05) is 25.8 Å². The van der Waals surface area contributed by atoms with Crippen LogP contribution in [0.1, 0.15) is 11.6 Å². The van der Waals surface area contributed by atoms with Crippen molar-refractivity contribution in [1.29, 1.82) is 0 Å². The van der Waals surface area contributed by atoms with Gasteiger partial charge in [0.1, 0.15) is 5.82 Å². The number of rotatable bonds is 4. The Labute approximate surface area is 98.9 Å². The molecule has 0 bridgehead atoms. The average Bonchev–Trinajstić information content (AvgIpc) is 2.72. The van der Waals surface area contributed by atoms with E-state index in [-0.39, 0.29) is 12.1 Å². The van der Waals surface area contributed by atoms with E-state index in [2.05, 4.69) is 15.5 Å². The molecule has 1 atom stereocenters. The zero-order valence-electron chi connectivity index (χ0n) is 9.59. The molecule has 1 aliphatic rings. The van der Waals surface area contributed by atoms with Crippen LogP contribution in [0.2, 0.25) is 0 Å². The Hall–Kier alpha value is -1.89. The van der Waals surface area contributed by atoms with E-state index in [1.807, 2.05) is 0 Å². The number of urea groups is 1. The lowest BCUT2D eigenvalue weighted by Crippen LogP contribution is -2.34. The monoisotopic (exact) mass is 237 g/mol. The summed E-state index contributed by atoms with van der Waals surface area (Å²) in [6, 6.07) is 1.44. The first kappa shape index (κ1) is 11.6. The summed E-state index contributed by atoms with van der Waals surface area (Å²) < 4.78 is 5.15. The second-order valence-electron chi connectivity index (χ2n) is 3.81. The molecule has 0 saturated carbocycles. The maximum Gasteiger partial charge on any atom is 0.318 e. The predicted molar refractivity (Wildman–Crippen MR) is 61.2 cm³/mol. The fourth-order valence-electron chi connectivity index (χ4n) is 1.89. The van der Waals surface area contributed by atoms with E-state index >= 15 is 0 Å². The molecule has 2 rings (SSSR count). The van der Waals surface area contributed by atoms with E-state index in [0.29, 0.717) is 25.5 Å². The highest BCUT2D eigenvalue weighted by atomic mass is 16.5. The number of hydrogen-bond donors (Lipinski definition) is 2. The van der Waals surface area contributed by atoms with Gasteiger partial charge in [-0.1, -0.05) is 0 Å². The van der Waals surface area contributed by atoms with E-state index in [0.717, 1.165) is 5.56 Å². The summed E-state index contributed by atoms with van der Waals surface area (Å²) in [6.45, 7) is 1.70. The standard InChI is InChI=1S/C10H15N5O2/c1-17-6-8(15-3-2-12-10(15)16)7-4-9(11)14-13-5-7/h4-5,8H,2-3,6H2,1H3,(H2,11,14)(H,12,16). The van der Waals surface area contributed by atoms with Crippen molar-refractivity contribution in [3.05, 3.63) is 17.8 Å². The number of nitrogens with two attached hydrogens (primary N) is 1. The highest BCUT2D eigenvalue weighted by molar-refractivity contribution is 5.76. The first-order valence-electron chi connectivity index (χ1n) is 5.34. The van der Waals surface area contributed by atoms with Crippen molar-refractivity contribution < 1.29 is 9.53 Å². The van der Waals surface area contributed by atoms with Crippen LogP contribution in [0.25, 0.3) is 0 Å². The number of nitrogens with one attached hydrogen (secondary N) is 1. The molecule has 3 N–H and O–H groups in total. The number of carbonyl (C=O) groups is 1. The Morgan fingerprint density at radius 1 is 1.71 bits per heavy atom. The third kappa shape index (κ3) is 2.44. The molecule has 0 radical (unpaired) electrons. The van der Waals surface area contributed by atoms with Crippen LogP contribution in [-0.4, -0.2) is 47.9 Å². The lowest BCUT2D eigenvalue weighted by molar-refractivity contribution is 0.116. The number of nitrogen functional groups attached to an aromatic ring is 1. The summed E-state index contributed by atoms with van der Waals surface area (Å²) in [5.74, 6) is 0.336. The fraction of sp³-hybridized carbons (Fsp3) is 0.500. The Morgan fingerprint density at radius 2 is 2.53 bits per heavy atom. The maximum atomic E-state index is 11.6. The highest BCUT2D eigenvalue weighted by Crippen LogP contribution is 2.22. The second-order valence-corrected chi connectivity index (χ2v) is 3.81. The van der Waals surface area contributed by atoms with Crippen molar-refractivity contribution in [3.8, 4) is 0 Å². The molecule has 2 heterocycles. The smallest absolute Gasteiger partial charge is 0.318 e. The van der Waals surface area contributed by atoms with E-state index in [1.54, 1.807) is 24.3 Å². The largest absolute Gasteiger partial charge is 0.382 e. The Morgan fingerprint density at radius 3 is 3.12 bits per heavy atom. The van der Waals surface area contributed by atoms with Gasteiger partial charge in [-0.3, -0.25) is 0 Å². The van der Waals surface area contributed by atoms with Gasteiger partial charge in [0.05, 0.1) is 18.8 Å². The van der Waals surface area contributed by atoms with Crippen LogP contribution in [0.5, 0.6) is 0 Å². The fourth-order valence-corrected chi connectivity index (χ4v) is 1.89. The van der Waals surface area contributed by atoms with Gasteiger partial charge in [-0.25, -0.2) is 4.79 Å². The normalized spacial score (nSPS) is 17.0. The van der Waals surface area contributed by atoms with E-state index in [9.17, 15) is 4.79 Å².